The second kappa shape index (κ2) is 16.1. The molecule has 2 nitrogen and oxygen atoms in total. The maximum absolute atomic E-state index is 5.26. The Morgan fingerprint density at radius 2 is 0.932 bits per heavy atom. The fourth-order valence-electron chi connectivity index (χ4n) is 5.53. The third-order valence-corrected chi connectivity index (χ3v) is 7.52. The Morgan fingerprint density at radius 1 is 0.477 bits per heavy atom. The zero-order chi connectivity index (χ0) is 30.1. The highest BCUT2D eigenvalue weighted by Gasteiger charge is 2.31. The van der Waals surface area contributed by atoms with Crippen molar-refractivity contribution in [3.05, 3.63) is 218 Å². The van der Waals surface area contributed by atoms with Crippen molar-refractivity contribution in [2.75, 3.05) is 0 Å². The summed E-state index contributed by atoms with van der Waals surface area (Å²) in [6.07, 6.45) is 23.2. The van der Waals surface area contributed by atoms with E-state index in [-0.39, 0.29) is 0 Å². The molecule has 214 valence electrons. The lowest BCUT2D eigenvalue weighted by atomic mass is 9.13. The number of benzene rings is 4. The highest BCUT2D eigenvalue weighted by molar-refractivity contribution is 7.19. The molecule has 0 saturated carbocycles. The highest BCUT2D eigenvalue weighted by atomic mass is 16.5. The number of hydrogen-bond acceptors (Lipinski definition) is 1. The van der Waals surface area contributed by atoms with Crippen molar-refractivity contribution in [3.63, 3.8) is 0 Å². The average molecular weight is 571 g/mol. The smallest absolute Gasteiger partial charge is 0.318 e. The van der Waals surface area contributed by atoms with Gasteiger partial charge in [0.2, 0.25) is 0 Å². The molecule has 4 aromatic carbocycles. The topological polar surface area (TPSA) is 20.5 Å². The summed E-state index contributed by atoms with van der Waals surface area (Å²) in [5.74, 6) is 0.829. The van der Waals surface area contributed by atoms with E-state index in [1.54, 1.807) is 18.8 Å². The Kier molecular flexibility index (Phi) is 10.9. The molecule has 0 unspecified atom stereocenters. The summed E-state index contributed by atoms with van der Waals surface area (Å²) in [5, 5.41) is 0. The Morgan fingerprint density at radius 3 is 1.39 bits per heavy atom. The van der Waals surface area contributed by atoms with Gasteiger partial charge in [-0.3, -0.25) is 0 Å². The van der Waals surface area contributed by atoms with E-state index in [4.69, 9.17) is 9.15 Å². The summed E-state index contributed by atoms with van der Waals surface area (Å²) in [5.41, 5.74) is 6.46. The lowest BCUT2D eigenvalue weighted by molar-refractivity contribution is 0.365. The fraction of sp³-hybridized carbons (Fsp3) is 0. The van der Waals surface area contributed by atoms with Crippen LogP contribution in [0.15, 0.2) is 217 Å². The van der Waals surface area contributed by atoms with Crippen molar-refractivity contribution in [2.24, 2.45) is 0 Å². The van der Waals surface area contributed by atoms with Crippen LogP contribution in [0.1, 0.15) is 5.56 Å². The van der Waals surface area contributed by atoms with Gasteiger partial charge in [0.1, 0.15) is 11.9 Å². The third kappa shape index (κ3) is 7.79. The van der Waals surface area contributed by atoms with Crippen molar-refractivity contribution in [1.29, 1.82) is 0 Å². The molecule has 1 aliphatic rings. The van der Waals surface area contributed by atoms with Crippen molar-refractivity contribution in [3.8, 4) is 0 Å². The molecule has 0 spiro atoms. The Hall–Kier alpha value is -5.67. The first-order chi connectivity index (χ1) is 21.9. The molecule has 0 fully saturated rings. The molecule has 0 amide bonds. The molecule has 1 aliphatic heterocycles. The Bertz CT molecular complexity index is 1570. The van der Waals surface area contributed by atoms with Crippen LogP contribution in [0.25, 0.3) is 6.08 Å². The maximum Gasteiger partial charge on any atom is 0.318 e. The largest absolute Gasteiger partial charge is 0.465 e. The van der Waals surface area contributed by atoms with Crippen LogP contribution in [0.4, 0.5) is 0 Å². The van der Waals surface area contributed by atoms with E-state index >= 15 is 0 Å². The second-order valence-corrected chi connectivity index (χ2v) is 10.3. The van der Waals surface area contributed by atoms with E-state index < -0.39 is 6.15 Å². The predicted octanol–water partition coefficient (Wildman–Crippen LogP) is 7.73. The predicted molar refractivity (Wildman–Crippen MR) is 188 cm³/mol. The molecular weight excluding hydrogens is 535 g/mol. The van der Waals surface area contributed by atoms with Crippen molar-refractivity contribution in [1.82, 2.24) is 0 Å². The van der Waals surface area contributed by atoms with Crippen LogP contribution >= 0.6 is 0 Å². The number of rotatable bonds is 8. The van der Waals surface area contributed by atoms with Crippen LogP contribution in [-0.4, -0.2) is 6.15 Å². The van der Waals surface area contributed by atoms with Gasteiger partial charge in [-0.1, -0.05) is 164 Å². The normalized spacial score (nSPS) is 13.7. The number of hydrogen-bond donors (Lipinski definition) is 0. The van der Waals surface area contributed by atoms with E-state index in [1.165, 1.54) is 21.9 Å². The average Bonchev–Trinajstić information content (AvgIpc) is 3.11. The van der Waals surface area contributed by atoms with Crippen LogP contribution in [0.2, 0.25) is 0 Å². The number of allylic oxidation sites excluding steroid dienone is 9. The lowest BCUT2D eigenvalue weighted by Gasteiger charge is -2.44. The lowest BCUT2D eigenvalue weighted by Crippen LogP contribution is -2.74. The van der Waals surface area contributed by atoms with Gasteiger partial charge in [-0.2, -0.15) is 21.9 Å². The van der Waals surface area contributed by atoms with E-state index in [0.717, 1.165) is 11.3 Å². The standard InChI is InChI=1S/C24H20B.C17H15O2/c1-5-13-21(14-6-1)25(22-15-7-2-8-16-22,23-17-9-3-10-18-23)24-19-11-4-12-20-24;1(2-4-8-16-11-14-18-15-12-16)3-5-9-17-10-6-7-13-19-17/h1-20H;1-15H/q-1;+1. The monoisotopic (exact) mass is 570 g/mol. The minimum Gasteiger partial charge on any atom is -0.465 e. The summed E-state index contributed by atoms with van der Waals surface area (Å²) in [7, 11) is 0. The molecule has 0 atom stereocenters. The van der Waals surface area contributed by atoms with E-state index in [9.17, 15) is 0 Å². The van der Waals surface area contributed by atoms with Gasteiger partial charge in [0.05, 0.1) is 6.26 Å². The molecule has 5 aromatic rings. The SMILES string of the molecule is C(=CC=Cc1cc[o+]cc1)C=CC=C1C=CC=CO1.c1ccc([B-](c2ccccc2)(c2ccccc2)c2ccccc2)cc1. The molecule has 44 heavy (non-hydrogen) atoms. The summed E-state index contributed by atoms with van der Waals surface area (Å²) in [4.78, 5) is 0. The molecule has 0 radical (unpaired) electrons. The van der Waals surface area contributed by atoms with Crippen LogP contribution in [0.5, 0.6) is 0 Å². The van der Waals surface area contributed by atoms with Gasteiger partial charge in [-0.15, -0.1) is 0 Å². The van der Waals surface area contributed by atoms with Crippen molar-refractivity contribution in [2.45, 2.75) is 0 Å². The Balaban J connectivity index is 0.000000182. The zero-order valence-corrected chi connectivity index (χ0v) is 24.6. The van der Waals surface area contributed by atoms with Crippen molar-refractivity contribution >= 4 is 34.1 Å². The van der Waals surface area contributed by atoms with Gasteiger partial charge < -0.3 is 4.74 Å². The van der Waals surface area contributed by atoms with Gasteiger partial charge >= 0.3 is 12.5 Å². The van der Waals surface area contributed by atoms with E-state index in [0.29, 0.717) is 0 Å². The van der Waals surface area contributed by atoms with Gasteiger partial charge in [0, 0.05) is 12.1 Å². The molecular formula is C41H35BO2. The first kappa shape index (κ1) is 29.8. The molecule has 0 bridgehead atoms. The van der Waals surface area contributed by atoms with E-state index in [1.807, 2.05) is 72.9 Å². The Labute approximate surface area is 260 Å². The van der Waals surface area contributed by atoms with Gasteiger partial charge in [-0.25, -0.2) is 4.42 Å². The van der Waals surface area contributed by atoms with E-state index in [2.05, 4.69) is 121 Å². The fourth-order valence-corrected chi connectivity index (χ4v) is 5.53. The minimum absolute atomic E-state index is 0.829. The number of ether oxygens (including phenoxy) is 1. The summed E-state index contributed by atoms with van der Waals surface area (Å²) in [6.45, 7) is 0. The molecule has 0 saturated heterocycles. The van der Waals surface area contributed by atoms with Gasteiger partial charge in [-0.05, 0) is 23.8 Å². The maximum atomic E-state index is 5.26. The molecule has 0 aliphatic carbocycles. The molecule has 3 heteroatoms. The van der Waals surface area contributed by atoms with Crippen molar-refractivity contribution < 1.29 is 9.15 Å². The molecule has 6 rings (SSSR count). The summed E-state index contributed by atoms with van der Waals surface area (Å²) >= 11 is 0. The molecule has 2 heterocycles. The van der Waals surface area contributed by atoms with Crippen LogP contribution in [-0.2, 0) is 4.74 Å². The third-order valence-electron chi connectivity index (χ3n) is 7.52. The summed E-state index contributed by atoms with van der Waals surface area (Å²) < 4.78 is 10.2. The van der Waals surface area contributed by atoms with Gasteiger partial charge in [0.15, 0.2) is 0 Å². The first-order valence-corrected chi connectivity index (χ1v) is 14.8. The second-order valence-electron chi connectivity index (χ2n) is 10.3. The van der Waals surface area contributed by atoms with Crippen LogP contribution in [0.3, 0.4) is 0 Å². The minimum atomic E-state index is -1.22. The summed E-state index contributed by atoms with van der Waals surface area (Å²) in [6, 6.07) is 47.3. The molecule has 0 N–H and O–H groups in total. The quantitative estimate of drug-likeness (QED) is 0.108. The van der Waals surface area contributed by atoms with Crippen LogP contribution in [0, 0.1) is 0 Å². The molecule has 1 aromatic heterocycles. The van der Waals surface area contributed by atoms with Gasteiger partial charge in [0.25, 0.3) is 0 Å². The first-order valence-electron chi connectivity index (χ1n) is 14.8. The zero-order valence-electron chi connectivity index (χ0n) is 24.6. The van der Waals surface area contributed by atoms with Crippen LogP contribution < -0.4 is 21.9 Å². The highest BCUT2D eigenvalue weighted by Crippen LogP contribution is 2.09.